The van der Waals surface area contributed by atoms with Crippen molar-refractivity contribution in [3.8, 4) is 0 Å². The minimum Gasteiger partial charge on any atom is -0.325 e. The van der Waals surface area contributed by atoms with Gasteiger partial charge in [0.1, 0.15) is 5.25 Å². The molecule has 27 heavy (non-hydrogen) atoms. The largest absolute Gasteiger partial charge is 0.325 e. The minimum atomic E-state index is -0.553. The van der Waals surface area contributed by atoms with Gasteiger partial charge in [0.05, 0.1) is 5.69 Å². The van der Waals surface area contributed by atoms with Crippen molar-refractivity contribution in [2.45, 2.75) is 18.6 Å². The van der Waals surface area contributed by atoms with Gasteiger partial charge in [0.15, 0.2) is 5.17 Å². The summed E-state index contributed by atoms with van der Waals surface area (Å²) in [5, 5.41) is 3.35. The topological polar surface area (TPSA) is 61.8 Å². The molecule has 8 heteroatoms. The third-order valence-corrected chi connectivity index (χ3v) is 6.23. The van der Waals surface area contributed by atoms with E-state index in [9.17, 15) is 9.59 Å². The highest BCUT2D eigenvalue weighted by molar-refractivity contribution is 9.10. The Bertz CT molecular complexity index is 918. The van der Waals surface area contributed by atoms with Crippen molar-refractivity contribution >= 4 is 67.6 Å². The number of nitrogens with zero attached hydrogens (tertiary/aromatic N) is 2. The molecule has 0 radical (unpaired) electrons. The molecule has 1 aliphatic rings. The Balaban J connectivity index is 1.77. The molecule has 140 valence electrons. The molecule has 2 aromatic carbocycles. The summed E-state index contributed by atoms with van der Waals surface area (Å²) in [6.45, 7) is 1.89. The second-order valence-corrected chi connectivity index (χ2v) is 8.58. The third-order valence-electron chi connectivity index (χ3n) is 4.05. The first-order chi connectivity index (χ1) is 12.8. The first-order valence-corrected chi connectivity index (χ1v) is 10.2. The van der Waals surface area contributed by atoms with E-state index in [1.165, 1.54) is 16.7 Å². The quantitative estimate of drug-likeness (QED) is 0.692. The van der Waals surface area contributed by atoms with Gasteiger partial charge in [-0.25, -0.2) is 4.99 Å². The van der Waals surface area contributed by atoms with Crippen LogP contribution in [-0.2, 0) is 9.59 Å². The van der Waals surface area contributed by atoms with Crippen molar-refractivity contribution in [2.24, 2.45) is 4.99 Å². The number of halogens is 2. The first-order valence-electron chi connectivity index (χ1n) is 8.18. The first kappa shape index (κ1) is 19.9. The van der Waals surface area contributed by atoms with Crippen LogP contribution in [-0.4, -0.2) is 34.2 Å². The second-order valence-electron chi connectivity index (χ2n) is 6.09. The third kappa shape index (κ3) is 4.91. The molecule has 1 fully saturated rings. The van der Waals surface area contributed by atoms with Gasteiger partial charge in [0.2, 0.25) is 11.8 Å². The number of aliphatic imine (C=N–C) groups is 1. The van der Waals surface area contributed by atoms with E-state index in [-0.39, 0.29) is 18.2 Å². The van der Waals surface area contributed by atoms with Crippen LogP contribution in [0.15, 0.2) is 51.9 Å². The van der Waals surface area contributed by atoms with E-state index in [2.05, 4.69) is 26.2 Å². The number of rotatable bonds is 3. The Morgan fingerprint density at radius 1 is 1.30 bits per heavy atom. The average Bonchev–Trinajstić information content (AvgIpc) is 2.63. The summed E-state index contributed by atoms with van der Waals surface area (Å²) in [5.74, 6) is -0.392. The van der Waals surface area contributed by atoms with Gasteiger partial charge in [0.25, 0.3) is 0 Å². The molecule has 5 nitrogen and oxygen atoms in total. The second kappa shape index (κ2) is 8.46. The van der Waals surface area contributed by atoms with Crippen LogP contribution >= 0.6 is 39.3 Å². The van der Waals surface area contributed by atoms with Crippen LogP contribution in [0.1, 0.15) is 12.0 Å². The molecule has 0 aliphatic carbocycles. The molecule has 0 aromatic heterocycles. The number of anilines is 1. The SMILES string of the molecule is Cc1ccc(NC(=O)C2CC(=O)N(C)C(=Nc3ccc(Br)cc3)S2)cc1Cl. The van der Waals surface area contributed by atoms with Crippen LogP contribution < -0.4 is 5.32 Å². The van der Waals surface area contributed by atoms with E-state index < -0.39 is 5.25 Å². The van der Waals surface area contributed by atoms with Crippen molar-refractivity contribution in [1.82, 2.24) is 4.90 Å². The van der Waals surface area contributed by atoms with E-state index in [1.807, 2.05) is 37.3 Å². The van der Waals surface area contributed by atoms with E-state index in [1.54, 1.807) is 19.2 Å². The lowest BCUT2D eigenvalue weighted by Crippen LogP contribution is -2.43. The van der Waals surface area contributed by atoms with Gasteiger partial charge in [-0.05, 0) is 48.9 Å². The van der Waals surface area contributed by atoms with E-state index in [4.69, 9.17) is 11.6 Å². The monoisotopic (exact) mass is 465 g/mol. The van der Waals surface area contributed by atoms with Gasteiger partial charge in [-0.15, -0.1) is 0 Å². The maximum atomic E-state index is 12.7. The van der Waals surface area contributed by atoms with Crippen molar-refractivity contribution in [1.29, 1.82) is 0 Å². The zero-order chi connectivity index (χ0) is 19.6. The number of aryl methyl sites for hydroxylation is 1. The Kier molecular flexibility index (Phi) is 6.24. The predicted octanol–water partition coefficient (Wildman–Crippen LogP) is 5.00. The maximum Gasteiger partial charge on any atom is 0.238 e. The molecule has 2 aromatic rings. The summed E-state index contributed by atoms with van der Waals surface area (Å²) >= 11 is 10.8. The van der Waals surface area contributed by atoms with Crippen LogP contribution in [0.4, 0.5) is 11.4 Å². The lowest BCUT2D eigenvalue weighted by Gasteiger charge is -2.28. The van der Waals surface area contributed by atoms with Crippen molar-refractivity contribution in [2.75, 3.05) is 12.4 Å². The zero-order valence-corrected chi connectivity index (χ0v) is 17.9. The van der Waals surface area contributed by atoms with Gasteiger partial charge in [-0.3, -0.25) is 14.5 Å². The zero-order valence-electron chi connectivity index (χ0n) is 14.7. The molecular weight excluding hydrogens is 450 g/mol. The number of hydrogen-bond donors (Lipinski definition) is 1. The fraction of sp³-hybridized carbons (Fsp3) is 0.211. The molecule has 0 bridgehead atoms. The highest BCUT2D eigenvalue weighted by Gasteiger charge is 2.34. The van der Waals surface area contributed by atoms with E-state index >= 15 is 0 Å². The molecule has 1 atom stereocenters. The molecule has 1 unspecified atom stereocenters. The smallest absolute Gasteiger partial charge is 0.238 e. The molecule has 1 saturated heterocycles. The summed E-state index contributed by atoms with van der Waals surface area (Å²) < 4.78 is 0.946. The van der Waals surface area contributed by atoms with E-state index in [0.717, 1.165) is 10.0 Å². The maximum absolute atomic E-state index is 12.7. The number of amides is 2. The summed E-state index contributed by atoms with van der Waals surface area (Å²) in [7, 11) is 1.67. The predicted molar refractivity (Wildman–Crippen MR) is 115 cm³/mol. The molecule has 0 saturated carbocycles. The normalized spacial score (nSPS) is 18.7. The highest BCUT2D eigenvalue weighted by Crippen LogP contribution is 2.30. The summed E-state index contributed by atoms with van der Waals surface area (Å²) in [5.41, 5.74) is 2.25. The summed E-state index contributed by atoms with van der Waals surface area (Å²) in [4.78, 5) is 31.0. The molecule has 3 rings (SSSR count). The summed E-state index contributed by atoms with van der Waals surface area (Å²) in [6, 6.07) is 12.8. The van der Waals surface area contributed by atoms with Gasteiger partial charge >= 0.3 is 0 Å². The molecule has 2 amide bonds. The van der Waals surface area contributed by atoms with E-state index in [0.29, 0.717) is 21.6 Å². The molecule has 0 spiro atoms. The molecule has 1 N–H and O–H groups in total. The van der Waals surface area contributed by atoms with Gasteiger partial charge in [-0.2, -0.15) is 0 Å². The van der Waals surface area contributed by atoms with Gasteiger partial charge < -0.3 is 5.32 Å². The standard InChI is InChI=1S/C19H17BrClN3O2S/c1-11-3-6-14(9-15(11)21)22-18(26)16-10-17(25)24(2)19(27-16)23-13-7-4-12(20)5-8-13/h3-9,16H,10H2,1-2H3,(H,22,26). The van der Waals surface area contributed by atoms with Crippen LogP contribution in [0.3, 0.4) is 0 Å². The fourth-order valence-electron chi connectivity index (χ4n) is 2.42. The Morgan fingerprint density at radius 3 is 2.67 bits per heavy atom. The van der Waals surface area contributed by atoms with Crippen molar-refractivity contribution in [3.05, 3.63) is 57.5 Å². The van der Waals surface area contributed by atoms with Gasteiger partial charge in [-0.1, -0.05) is 45.4 Å². The number of amidine groups is 1. The minimum absolute atomic E-state index is 0.117. The molecular formula is C19H17BrClN3O2S. The van der Waals surface area contributed by atoms with Crippen molar-refractivity contribution in [3.63, 3.8) is 0 Å². The van der Waals surface area contributed by atoms with Gasteiger partial charge in [0, 0.05) is 28.7 Å². The number of carbonyl (C=O) groups excluding carboxylic acids is 2. The fourth-order valence-corrected chi connectivity index (χ4v) is 3.93. The Hall–Kier alpha value is -1.83. The number of thioether (sulfide) groups is 1. The number of nitrogens with one attached hydrogen (secondary N) is 1. The molecule has 1 aliphatic heterocycles. The number of hydrogen-bond acceptors (Lipinski definition) is 4. The Labute approximate surface area is 175 Å². The van der Waals surface area contributed by atoms with Crippen LogP contribution in [0.2, 0.25) is 5.02 Å². The molecule has 1 heterocycles. The highest BCUT2D eigenvalue weighted by atomic mass is 79.9. The van der Waals surface area contributed by atoms with Crippen LogP contribution in [0, 0.1) is 6.92 Å². The lowest BCUT2D eigenvalue weighted by molar-refractivity contribution is -0.128. The van der Waals surface area contributed by atoms with Crippen LogP contribution in [0.5, 0.6) is 0 Å². The number of benzene rings is 2. The Morgan fingerprint density at radius 2 is 2.00 bits per heavy atom. The van der Waals surface area contributed by atoms with Crippen LogP contribution in [0.25, 0.3) is 0 Å². The van der Waals surface area contributed by atoms with Crippen molar-refractivity contribution < 1.29 is 9.59 Å². The number of carbonyl (C=O) groups is 2. The average molecular weight is 467 g/mol. The summed E-state index contributed by atoms with van der Waals surface area (Å²) in [6.07, 6.45) is 0.117. The lowest BCUT2D eigenvalue weighted by atomic mass is 10.2.